The van der Waals surface area contributed by atoms with Gasteiger partial charge in [0.05, 0.1) is 0 Å². The molecule has 0 bridgehead atoms. The molecule has 0 radical (unpaired) electrons. The van der Waals surface area contributed by atoms with E-state index in [9.17, 15) is 9.59 Å². The summed E-state index contributed by atoms with van der Waals surface area (Å²) in [5.41, 5.74) is 0.376. The van der Waals surface area contributed by atoms with Gasteiger partial charge in [0.1, 0.15) is 18.3 Å². The van der Waals surface area contributed by atoms with Gasteiger partial charge in [-0.3, -0.25) is 0 Å². The monoisotopic (exact) mass is 463 g/mol. The van der Waals surface area contributed by atoms with Gasteiger partial charge in [0.15, 0.2) is 8.32 Å². The lowest BCUT2D eigenvalue weighted by molar-refractivity contribution is -0.158. The van der Waals surface area contributed by atoms with E-state index in [4.69, 9.17) is 13.9 Å². The van der Waals surface area contributed by atoms with Gasteiger partial charge in [0.25, 0.3) is 0 Å². The number of esters is 1. The van der Waals surface area contributed by atoms with E-state index in [0.29, 0.717) is 13.1 Å². The van der Waals surface area contributed by atoms with Crippen molar-refractivity contribution in [3.8, 4) is 0 Å². The first-order valence-corrected chi connectivity index (χ1v) is 14.5. The molecule has 1 amide bonds. The smallest absolute Gasteiger partial charge is 0.410 e. The second kappa shape index (κ2) is 10.4. The zero-order valence-corrected chi connectivity index (χ0v) is 22.1. The standard InChI is InChI=1S/C25H41NO5Si/c1-24(2,3)30-23(28)26-16-12-15-20(17-26)21(31-32(7,8)25(4,5)6)22(27)29-18-19-13-10-9-11-14-19/h9-11,13-14,20-21H,12,15-18H2,1-8H3/t20-,21+/m1/s1. The molecular weight excluding hydrogens is 422 g/mol. The first kappa shape index (κ1) is 26.4. The molecule has 2 atom stereocenters. The van der Waals surface area contributed by atoms with Crippen molar-refractivity contribution in [2.75, 3.05) is 13.1 Å². The predicted octanol–water partition coefficient (Wildman–Crippen LogP) is 5.77. The van der Waals surface area contributed by atoms with Crippen molar-refractivity contribution in [2.45, 2.75) is 90.8 Å². The van der Waals surface area contributed by atoms with E-state index in [2.05, 4.69) is 33.9 Å². The molecule has 1 heterocycles. The van der Waals surface area contributed by atoms with E-state index < -0.39 is 20.0 Å². The van der Waals surface area contributed by atoms with Crippen LogP contribution in [0.3, 0.4) is 0 Å². The number of hydrogen-bond donors (Lipinski definition) is 0. The summed E-state index contributed by atoms with van der Waals surface area (Å²) in [6.45, 7) is 17.6. The third kappa shape index (κ3) is 7.62. The Balaban J connectivity index is 2.19. The highest BCUT2D eigenvalue weighted by Gasteiger charge is 2.45. The topological polar surface area (TPSA) is 65.1 Å². The summed E-state index contributed by atoms with van der Waals surface area (Å²) in [5, 5.41) is -0.0511. The number of nitrogens with zero attached hydrogens (tertiary/aromatic N) is 1. The lowest BCUT2D eigenvalue weighted by atomic mass is 9.92. The van der Waals surface area contributed by atoms with Crippen molar-refractivity contribution < 1.29 is 23.5 Å². The molecule has 6 nitrogen and oxygen atoms in total. The van der Waals surface area contributed by atoms with Crippen LogP contribution in [-0.4, -0.2) is 50.1 Å². The molecule has 0 unspecified atom stereocenters. The van der Waals surface area contributed by atoms with Crippen LogP contribution >= 0.6 is 0 Å². The fraction of sp³-hybridized carbons (Fsp3) is 0.680. The van der Waals surface area contributed by atoms with E-state index in [1.807, 2.05) is 51.1 Å². The molecule has 0 aromatic heterocycles. The van der Waals surface area contributed by atoms with Crippen LogP contribution in [0, 0.1) is 5.92 Å². The molecule has 1 aromatic carbocycles. The van der Waals surface area contributed by atoms with Crippen LogP contribution in [-0.2, 0) is 25.3 Å². The summed E-state index contributed by atoms with van der Waals surface area (Å²) in [6, 6.07) is 9.64. The van der Waals surface area contributed by atoms with Gasteiger partial charge in [-0.05, 0) is 57.3 Å². The molecule has 1 aromatic rings. The number of piperidine rings is 1. The summed E-state index contributed by atoms with van der Waals surface area (Å²) in [6.07, 6.45) is 0.558. The van der Waals surface area contributed by atoms with E-state index in [0.717, 1.165) is 18.4 Å². The molecule has 2 rings (SSSR count). The minimum absolute atomic E-state index is 0.0511. The third-order valence-electron chi connectivity index (χ3n) is 6.22. The number of carbonyl (C=O) groups is 2. The molecule has 1 aliphatic rings. The fourth-order valence-electron chi connectivity index (χ4n) is 3.39. The molecule has 1 saturated heterocycles. The van der Waals surface area contributed by atoms with Crippen LogP contribution in [0.1, 0.15) is 59.9 Å². The normalized spacial score (nSPS) is 18.8. The van der Waals surface area contributed by atoms with Gasteiger partial charge in [-0.2, -0.15) is 0 Å². The van der Waals surface area contributed by atoms with Crippen LogP contribution < -0.4 is 0 Å². The Bertz CT molecular complexity index is 767. The largest absolute Gasteiger partial charge is 0.459 e. The molecule has 0 spiro atoms. The maximum absolute atomic E-state index is 13.3. The molecule has 1 aliphatic heterocycles. The molecule has 32 heavy (non-hydrogen) atoms. The number of ether oxygens (including phenoxy) is 2. The molecule has 0 aliphatic carbocycles. The summed E-state index contributed by atoms with van der Waals surface area (Å²) < 4.78 is 17.9. The lowest BCUT2D eigenvalue weighted by Crippen LogP contribution is -2.53. The summed E-state index contributed by atoms with van der Waals surface area (Å²) in [4.78, 5) is 27.6. The molecule has 0 saturated carbocycles. The van der Waals surface area contributed by atoms with E-state index in [1.54, 1.807) is 4.90 Å². The van der Waals surface area contributed by atoms with Crippen LogP contribution in [0.25, 0.3) is 0 Å². The average Bonchev–Trinajstić information content (AvgIpc) is 2.69. The van der Waals surface area contributed by atoms with E-state index in [1.165, 1.54) is 0 Å². The zero-order valence-electron chi connectivity index (χ0n) is 21.1. The minimum atomic E-state index is -2.25. The number of carbonyl (C=O) groups excluding carboxylic acids is 2. The summed E-state index contributed by atoms with van der Waals surface area (Å²) in [7, 11) is -2.25. The highest BCUT2D eigenvalue weighted by molar-refractivity contribution is 6.74. The summed E-state index contributed by atoms with van der Waals surface area (Å²) in [5.74, 6) is -0.483. The maximum Gasteiger partial charge on any atom is 0.410 e. The Morgan fingerprint density at radius 1 is 1.09 bits per heavy atom. The number of hydrogen-bond acceptors (Lipinski definition) is 5. The van der Waals surface area contributed by atoms with Gasteiger partial charge in [0, 0.05) is 19.0 Å². The van der Waals surface area contributed by atoms with Crippen LogP contribution in [0.5, 0.6) is 0 Å². The maximum atomic E-state index is 13.3. The number of benzene rings is 1. The number of likely N-dealkylation sites (tertiary alicyclic amines) is 1. The van der Waals surface area contributed by atoms with E-state index in [-0.39, 0.29) is 29.6 Å². The first-order valence-electron chi connectivity index (χ1n) is 11.6. The second-order valence-electron chi connectivity index (χ2n) is 11.2. The third-order valence-corrected chi connectivity index (χ3v) is 10.7. The average molecular weight is 464 g/mol. The lowest BCUT2D eigenvalue weighted by Gasteiger charge is -2.42. The Labute approximate surface area is 194 Å². The predicted molar refractivity (Wildman–Crippen MR) is 129 cm³/mol. The quantitative estimate of drug-likeness (QED) is 0.396. The Morgan fingerprint density at radius 2 is 1.72 bits per heavy atom. The molecule has 180 valence electrons. The summed E-state index contributed by atoms with van der Waals surface area (Å²) >= 11 is 0. The van der Waals surface area contributed by atoms with Crippen LogP contribution in [0.15, 0.2) is 30.3 Å². The van der Waals surface area contributed by atoms with Crippen molar-refractivity contribution in [2.24, 2.45) is 5.92 Å². The van der Waals surface area contributed by atoms with Crippen LogP contribution in [0.4, 0.5) is 4.79 Å². The SMILES string of the molecule is CC(C)(C)OC(=O)N1CCC[C@@H]([C@H](O[Si](C)(C)C(C)(C)C)C(=O)OCc2ccccc2)C1. The molecular formula is C25H41NO5Si. The molecule has 1 fully saturated rings. The van der Waals surface area contributed by atoms with Gasteiger partial charge in [0.2, 0.25) is 0 Å². The van der Waals surface area contributed by atoms with E-state index >= 15 is 0 Å². The highest BCUT2D eigenvalue weighted by Crippen LogP contribution is 2.39. The van der Waals surface area contributed by atoms with Gasteiger partial charge in [-0.25, -0.2) is 9.59 Å². The van der Waals surface area contributed by atoms with Gasteiger partial charge in [-0.1, -0.05) is 51.1 Å². The minimum Gasteiger partial charge on any atom is -0.459 e. The zero-order chi connectivity index (χ0) is 24.2. The van der Waals surface area contributed by atoms with Gasteiger partial charge < -0.3 is 18.8 Å². The number of rotatable bonds is 6. The molecule has 0 N–H and O–H groups in total. The van der Waals surface area contributed by atoms with Crippen molar-refractivity contribution in [3.63, 3.8) is 0 Å². The molecule has 7 heteroatoms. The van der Waals surface area contributed by atoms with Crippen molar-refractivity contribution in [1.29, 1.82) is 0 Å². The van der Waals surface area contributed by atoms with Crippen molar-refractivity contribution in [3.05, 3.63) is 35.9 Å². The van der Waals surface area contributed by atoms with Crippen LogP contribution in [0.2, 0.25) is 18.1 Å². The Kier molecular flexibility index (Phi) is 8.56. The fourth-order valence-corrected chi connectivity index (χ4v) is 4.67. The number of amides is 1. The van der Waals surface area contributed by atoms with Crippen molar-refractivity contribution in [1.82, 2.24) is 4.90 Å². The second-order valence-corrected chi connectivity index (χ2v) is 16.0. The Morgan fingerprint density at radius 3 is 2.28 bits per heavy atom. The van der Waals surface area contributed by atoms with Gasteiger partial charge >= 0.3 is 12.1 Å². The highest BCUT2D eigenvalue weighted by atomic mass is 28.4. The van der Waals surface area contributed by atoms with Crippen molar-refractivity contribution >= 4 is 20.4 Å². The van der Waals surface area contributed by atoms with Gasteiger partial charge in [-0.15, -0.1) is 0 Å². The Hall–Kier alpha value is -1.86. The first-order chi connectivity index (χ1) is 14.7.